The van der Waals surface area contributed by atoms with Crippen LogP contribution in [0, 0.1) is 5.92 Å². The van der Waals surface area contributed by atoms with Gasteiger partial charge in [0.15, 0.2) is 0 Å². The van der Waals surface area contributed by atoms with Crippen molar-refractivity contribution in [1.82, 2.24) is 10.2 Å². The molecule has 0 aromatic heterocycles. The van der Waals surface area contributed by atoms with Crippen LogP contribution in [0.4, 0.5) is 4.79 Å². The third-order valence-corrected chi connectivity index (χ3v) is 4.19. The Morgan fingerprint density at radius 3 is 2.43 bits per heavy atom. The minimum absolute atomic E-state index is 0.190. The smallest absolute Gasteiger partial charge is 0.410 e. The molecule has 1 fully saturated rings. The second kappa shape index (κ2) is 8.02. The second-order valence-electron chi connectivity index (χ2n) is 7.17. The van der Waals surface area contributed by atoms with Crippen LogP contribution in [0.5, 0.6) is 0 Å². The van der Waals surface area contributed by atoms with Crippen LogP contribution in [0.25, 0.3) is 0 Å². The number of hydrogen-bond donors (Lipinski definition) is 1. The van der Waals surface area contributed by atoms with Crippen molar-refractivity contribution in [2.75, 3.05) is 19.6 Å². The van der Waals surface area contributed by atoms with Crippen LogP contribution in [-0.4, -0.2) is 36.2 Å². The fraction of sp³-hybridized carbons (Fsp3) is 0.611. The van der Waals surface area contributed by atoms with Crippen molar-refractivity contribution in [2.45, 2.75) is 45.8 Å². The maximum atomic E-state index is 12.0. The van der Waals surface area contributed by atoms with Crippen LogP contribution >= 0.6 is 11.6 Å². The minimum atomic E-state index is -0.423. The molecule has 128 valence electrons. The summed E-state index contributed by atoms with van der Waals surface area (Å²) < 4.78 is 5.42. The first-order valence-electron chi connectivity index (χ1n) is 8.26. The summed E-state index contributed by atoms with van der Waals surface area (Å²) in [7, 11) is 0. The lowest BCUT2D eigenvalue weighted by molar-refractivity contribution is 0.0184. The molecule has 0 atom stereocenters. The summed E-state index contributed by atoms with van der Waals surface area (Å²) in [5.41, 5.74) is 0.814. The summed E-state index contributed by atoms with van der Waals surface area (Å²) in [5, 5.41) is 4.26. The maximum absolute atomic E-state index is 12.0. The highest BCUT2D eigenvalue weighted by molar-refractivity contribution is 6.30. The van der Waals surface area contributed by atoms with Crippen molar-refractivity contribution in [3.05, 3.63) is 34.9 Å². The number of piperidine rings is 1. The summed E-state index contributed by atoms with van der Waals surface area (Å²) >= 11 is 5.88. The van der Waals surface area contributed by atoms with Gasteiger partial charge in [0.05, 0.1) is 0 Å². The zero-order valence-electron chi connectivity index (χ0n) is 14.3. The molecule has 1 N–H and O–H groups in total. The van der Waals surface area contributed by atoms with E-state index in [-0.39, 0.29) is 6.09 Å². The number of nitrogens with one attached hydrogen (secondary N) is 1. The van der Waals surface area contributed by atoms with Crippen LogP contribution < -0.4 is 5.32 Å². The first kappa shape index (κ1) is 18.1. The van der Waals surface area contributed by atoms with Gasteiger partial charge in [0.2, 0.25) is 0 Å². The second-order valence-corrected chi connectivity index (χ2v) is 7.60. The number of benzene rings is 1. The first-order chi connectivity index (χ1) is 10.8. The number of carbonyl (C=O) groups excluding carboxylic acids is 1. The number of ether oxygens (including phenoxy) is 1. The SMILES string of the molecule is CC(C)(C)OC(=O)N1CCC(CNCc2ccc(Cl)cc2)CC1. The van der Waals surface area contributed by atoms with Gasteiger partial charge >= 0.3 is 6.09 Å². The van der Waals surface area contributed by atoms with Crippen LogP contribution in [0.1, 0.15) is 39.2 Å². The highest BCUT2D eigenvalue weighted by Crippen LogP contribution is 2.19. The largest absolute Gasteiger partial charge is 0.444 e. The van der Waals surface area contributed by atoms with E-state index in [4.69, 9.17) is 16.3 Å². The van der Waals surface area contributed by atoms with Crippen molar-refractivity contribution >= 4 is 17.7 Å². The molecule has 1 aliphatic rings. The van der Waals surface area contributed by atoms with E-state index < -0.39 is 5.60 Å². The lowest BCUT2D eigenvalue weighted by Gasteiger charge is -2.33. The number of nitrogens with zero attached hydrogens (tertiary/aromatic N) is 1. The monoisotopic (exact) mass is 338 g/mol. The van der Waals surface area contributed by atoms with E-state index in [9.17, 15) is 4.79 Å². The number of amides is 1. The van der Waals surface area contributed by atoms with Crippen LogP contribution in [0.3, 0.4) is 0 Å². The van der Waals surface area contributed by atoms with Gasteiger partial charge in [-0.25, -0.2) is 4.79 Å². The van der Waals surface area contributed by atoms with Crippen LogP contribution in [0.2, 0.25) is 5.02 Å². The minimum Gasteiger partial charge on any atom is -0.444 e. The maximum Gasteiger partial charge on any atom is 0.410 e. The Hall–Kier alpha value is -1.26. The zero-order chi connectivity index (χ0) is 16.9. The molecule has 0 saturated carbocycles. The number of hydrogen-bond acceptors (Lipinski definition) is 3. The molecule has 0 aliphatic carbocycles. The Bertz CT molecular complexity index is 503. The van der Waals surface area contributed by atoms with Gasteiger partial charge in [-0.15, -0.1) is 0 Å². The average molecular weight is 339 g/mol. The number of likely N-dealkylation sites (tertiary alicyclic amines) is 1. The molecule has 1 aliphatic heterocycles. The predicted molar refractivity (Wildman–Crippen MR) is 93.7 cm³/mol. The molecule has 5 heteroatoms. The van der Waals surface area contributed by atoms with E-state index in [1.807, 2.05) is 49.9 Å². The summed E-state index contributed by atoms with van der Waals surface area (Å²) in [6.07, 6.45) is 1.85. The fourth-order valence-electron chi connectivity index (χ4n) is 2.67. The van der Waals surface area contributed by atoms with Crippen LogP contribution in [0.15, 0.2) is 24.3 Å². The summed E-state index contributed by atoms with van der Waals surface area (Å²) in [5.74, 6) is 0.612. The highest BCUT2D eigenvalue weighted by atomic mass is 35.5. The average Bonchev–Trinajstić information content (AvgIpc) is 2.48. The van der Waals surface area contributed by atoms with Gasteiger partial charge in [0.25, 0.3) is 0 Å². The van der Waals surface area contributed by atoms with E-state index in [2.05, 4.69) is 5.32 Å². The van der Waals surface area contributed by atoms with Gasteiger partial charge in [-0.1, -0.05) is 23.7 Å². The van der Waals surface area contributed by atoms with Crippen molar-refractivity contribution in [1.29, 1.82) is 0 Å². The van der Waals surface area contributed by atoms with Crippen LogP contribution in [-0.2, 0) is 11.3 Å². The zero-order valence-corrected chi connectivity index (χ0v) is 15.0. The molecule has 1 aromatic rings. The Labute approximate surface area is 144 Å². The third-order valence-electron chi connectivity index (χ3n) is 3.94. The Morgan fingerprint density at radius 2 is 1.87 bits per heavy atom. The van der Waals surface area contributed by atoms with E-state index in [0.717, 1.165) is 44.0 Å². The van der Waals surface area contributed by atoms with Crippen molar-refractivity contribution in [3.8, 4) is 0 Å². The van der Waals surface area contributed by atoms with E-state index in [1.54, 1.807) is 0 Å². The summed E-state index contributed by atoms with van der Waals surface area (Å²) in [4.78, 5) is 13.8. The molecule has 0 radical (unpaired) electrons. The third kappa shape index (κ3) is 6.40. The molecule has 0 spiro atoms. The van der Waals surface area contributed by atoms with Gasteiger partial charge in [-0.2, -0.15) is 0 Å². The number of halogens is 1. The molecule has 1 aromatic carbocycles. The molecular weight excluding hydrogens is 312 g/mol. The Kier molecular flexibility index (Phi) is 6.31. The number of carbonyl (C=O) groups is 1. The molecule has 2 rings (SSSR count). The highest BCUT2D eigenvalue weighted by Gasteiger charge is 2.26. The molecular formula is C18H27ClN2O2. The van der Waals surface area contributed by atoms with Gasteiger partial charge in [0.1, 0.15) is 5.60 Å². The van der Waals surface area contributed by atoms with Gasteiger partial charge in [-0.05, 0) is 63.8 Å². The van der Waals surface area contributed by atoms with Crippen molar-refractivity contribution in [2.24, 2.45) is 5.92 Å². The molecule has 0 unspecified atom stereocenters. The Morgan fingerprint density at radius 1 is 1.26 bits per heavy atom. The van der Waals surface area contributed by atoms with E-state index in [0.29, 0.717) is 5.92 Å². The van der Waals surface area contributed by atoms with Gasteiger partial charge in [-0.3, -0.25) is 0 Å². The number of rotatable bonds is 4. The first-order valence-corrected chi connectivity index (χ1v) is 8.64. The summed E-state index contributed by atoms with van der Waals surface area (Å²) in [6, 6.07) is 7.91. The molecule has 4 nitrogen and oxygen atoms in total. The lowest BCUT2D eigenvalue weighted by atomic mass is 9.97. The van der Waals surface area contributed by atoms with Gasteiger partial charge in [0, 0.05) is 24.7 Å². The molecule has 1 heterocycles. The standard InChI is InChI=1S/C18H27ClN2O2/c1-18(2,3)23-17(22)21-10-8-15(9-11-21)13-20-12-14-4-6-16(19)7-5-14/h4-7,15,20H,8-13H2,1-3H3. The summed E-state index contributed by atoms with van der Waals surface area (Å²) in [6.45, 7) is 9.09. The van der Waals surface area contributed by atoms with Crippen molar-refractivity contribution in [3.63, 3.8) is 0 Å². The quantitative estimate of drug-likeness (QED) is 0.899. The van der Waals surface area contributed by atoms with E-state index in [1.165, 1.54) is 5.56 Å². The lowest BCUT2D eigenvalue weighted by Crippen LogP contribution is -2.43. The normalized spacial score (nSPS) is 16.4. The molecule has 1 saturated heterocycles. The molecule has 0 bridgehead atoms. The topological polar surface area (TPSA) is 41.6 Å². The van der Waals surface area contributed by atoms with Gasteiger partial charge < -0.3 is 15.0 Å². The Balaban J connectivity index is 1.66. The fourth-order valence-corrected chi connectivity index (χ4v) is 2.80. The predicted octanol–water partition coefficient (Wildman–Crippen LogP) is 4.08. The molecule has 1 amide bonds. The molecule has 23 heavy (non-hydrogen) atoms. The van der Waals surface area contributed by atoms with E-state index >= 15 is 0 Å². The van der Waals surface area contributed by atoms with Crippen molar-refractivity contribution < 1.29 is 9.53 Å².